The lowest BCUT2D eigenvalue weighted by atomic mass is 9.95. The van der Waals surface area contributed by atoms with Crippen LogP contribution in [0, 0.1) is 11.7 Å². The van der Waals surface area contributed by atoms with Gasteiger partial charge in [0.1, 0.15) is 5.82 Å². The molecule has 0 saturated carbocycles. The molecule has 0 aliphatic carbocycles. The average molecular weight is 343 g/mol. The van der Waals surface area contributed by atoms with E-state index in [2.05, 4.69) is 22.9 Å². The lowest BCUT2D eigenvalue weighted by Gasteiger charge is -2.14. The third-order valence-corrected chi connectivity index (χ3v) is 4.76. The van der Waals surface area contributed by atoms with Crippen molar-refractivity contribution in [2.24, 2.45) is 5.92 Å². The Bertz CT molecular complexity index is 351. The van der Waals surface area contributed by atoms with E-state index in [-0.39, 0.29) is 5.82 Å². The maximum Gasteiger partial charge on any atom is 0.123 e. The molecule has 0 N–H and O–H groups in total. The highest BCUT2D eigenvalue weighted by Crippen LogP contribution is 2.19. The van der Waals surface area contributed by atoms with Crippen LogP contribution < -0.4 is 0 Å². The van der Waals surface area contributed by atoms with Gasteiger partial charge >= 0.3 is 0 Å². The minimum Gasteiger partial charge on any atom is -0.207 e. The first-order valence-electron chi connectivity index (χ1n) is 8.06. The normalized spacial score (nSPS) is 12.6. The van der Waals surface area contributed by atoms with Gasteiger partial charge in [0, 0.05) is 5.33 Å². The molecule has 1 aromatic carbocycles. The summed E-state index contributed by atoms with van der Waals surface area (Å²) in [6, 6.07) is 7.02. The summed E-state index contributed by atoms with van der Waals surface area (Å²) in [5, 5.41) is 1.01. The largest absolute Gasteiger partial charge is 0.207 e. The van der Waals surface area contributed by atoms with Gasteiger partial charge in [-0.15, -0.1) is 0 Å². The van der Waals surface area contributed by atoms with Gasteiger partial charge in [0.25, 0.3) is 0 Å². The minimum atomic E-state index is -0.119. The lowest BCUT2D eigenvalue weighted by Crippen LogP contribution is -2.06. The summed E-state index contributed by atoms with van der Waals surface area (Å²) in [6.07, 6.45) is 11.7. The Balaban J connectivity index is 2.16. The zero-order valence-electron chi connectivity index (χ0n) is 12.7. The van der Waals surface area contributed by atoms with E-state index in [9.17, 15) is 4.39 Å². The molecule has 1 aromatic rings. The zero-order chi connectivity index (χ0) is 14.6. The topological polar surface area (TPSA) is 0 Å². The van der Waals surface area contributed by atoms with E-state index in [4.69, 9.17) is 0 Å². The van der Waals surface area contributed by atoms with Crippen LogP contribution in [0.25, 0.3) is 0 Å². The average Bonchev–Trinajstić information content (AvgIpc) is 2.45. The Kier molecular flexibility index (Phi) is 10.00. The predicted octanol–water partition coefficient (Wildman–Crippen LogP) is 6.52. The Hall–Kier alpha value is -0.370. The number of unbranched alkanes of at least 4 members (excludes halogenated alkanes) is 6. The molecule has 0 bridgehead atoms. The fourth-order valence-corrected chi connectivity index (χ4v) is 3.17. The first-order valence-corrected chi connectivity index (χ1v) is 9.18. The molecule has 0 aliphatic rings. The summed E-state index contributed by atoms with van der Waals surface area (Å²) in [6.45, 7) is 2.26. The molecule has 1 atom stereocenters. The molecule has 0 amide bonds. The summed E-state index contributed by atoms with van der Waals surface area (Å²) in [4.78, 5) is 0. The van der Waals surface area contributed by atoms with Crippen molar-refractivity contribution in [3.05, 3.63) is 35.6 Å². The Morgan fingerprint density at radius 3 is 2.40 bits per heavy atom. The number of rotatable bonds is 11. The first kappa shape index (κ1) is 17.7. The molecule has 0 fully saturated rings. The molecule has 20 heavy (non-hydrogen) atoms. The molecule has 0 spiro atoms. The third kappa shape index (κ3) is 8.04. The number of hydrogen-bond donors (Lipinski definition) is 0. The van der Waals surface area contributed by atoms with Crippen LogP contribution in [0.4, 0.5) is 4.39 Å². The molecule has 1 rings (SSSR count). The van der Waals surface area contributed by atoms with Gasteiger partial charge in [-0.3, -0.25) is 0 Å². The van der Waals surface area contributed by atoms with Crippen LogP contribution in [0.2, 0.25) is 0 Å². The molecule has 0 saturated heterocycles. The zero-order valence-corrected chi connectivity index (χ0v) is 14.3. The molecule has 114 valence electrons. The van der Waals surface area contributed by atoms with Crippen molar-refractivity contribution in [2.75, 3.05) is 5.33 Å². The summed E-state index contributed by atoms with van der Waals surface area (Å²) in [7, 11) is 0. The van der Waals surface area contributed by atoms with E-state index >= 15 is 0 Å². The first-order chi connectivity index (χ1) is 9.76. The number of benzene rings is 1. The van der Waals surface area contributed by atoms with Gasteiger partial charge in [-0.1, -0.05) is 79.9 Å². The monoisotopic (exact) mass is 342 g/mol. The van der Waals surface area contributed by atoms with E-state index in [0.29, 0.717) is 5.92 Å². The highest BCUT2D eigenvalue weighted by atomic mass is 79.9. The van der Waals surface area contributed by atoms with Crippen molar-refractivity contribution in [1.82, 2.24) is 0 Å². The second kappa shape index (κ2) is 11.3. The number of alkyl halides is 1. The molecule has 1 unspecified atom stereocenters. The van der Waals surface area contributed by atoms with Crippen molar-refractivity contribution in [1.29, 1.82) is 0 Å². The van der Waals surface area contributed by atoms with Gasteiger partial charge < -0.3 is 0 Å². The van der Waals surface area contributed by atoms with Crippen LogP contribution in [-0.4, -0.2) is 5.33 Å². The van der Waals surface area contributed by atoms with Crippen LogP contribution in [0.5, 0.6) is 0 Å². The van der Waals surface area contributed by atoms with Gasteiger partial charge in [0.2, 0.25) is 0 Å². The summed E-state index contributed by atoms with van der Waals surface area (Å²) < 4.78 is 13.2. The van der Waals surface area contributed by atoms with Crippen molar-refractivity contribution < 1.29 is 4.39 Å². The standard InChI is InChI=1S/C18H28BrF/c1-2-3-4-5-6-7-8-10-17(15-19)13-16-11-9-12-18(20)14-16/h9,11-12,14,17H,2-8,10,13,15H2,1H3. The maximum absolute atomic E-state index is 13.2. The van der Waals surface area contributed by atoms with E-state index in [1.807, 2.05) is 12.1 Å². The smallest absolute Gasteiger partial charge is 0.123 e. The molecule has 0 aliphatic heterocycles. The summed E-state index contributed by atoms with van der Waals surface area (Å²) >= 11 is 3.60. The van der Waals surface area contributed by atoms with Gasteiger partial charge in [-0.2, -0.15) is 0 Å². The van der Waals surface area contributed by atoms with Crippen molar-refractivity contribution in [3.8, 4) is 0 Å². The Morgan fingerprint density at radius 2 is 1.75 bits per heavy atom. The van der Waals surface area contributed by atoms with Crippen LogP contribution in [0.15, 0.2) is 24.3 Å². The molecule has 0 radical (unpaired) electrons. The summed E-state index contributed by atoms with van der Waals surface area (Å²) in [5.74, 6) is 0.513. The molecule has 0 nitrogen and oxygen atoms in total. The lowest BCUT2D eigenvalue weighted by molar-refractivity contribution is 0.486. The molecular formula is C18H28BrF. The fourth-order valence-electron chi connectivity index (χ4n) is 2.62. The van der Waals surface area contributed by atoms with Gasteiger partial charge in [0.15, 0.2) is 0 Å². The second-order valence-corrected chi connectivity index (χ2v) is 6.41. The highest BCUT2D eigenvalue weighted by molar-refractivity contribution is 9.09. The summed E-state index contributed by atoms with van der Waals surface area (Å²) in [5.41, 5.74) is 1.12. The van der Waals surface area contributed by atoms with Crippen molar-refractivity contribution in [2.45, 2.75) is 64.7 Å². The van der Waals surface area contributed by atoms with E-state index in [1.54, 1.807) is 6.07 Å². The Labute approximate surface area is 132 Å². The molecular weight excluding hydrogens is 315 g/mol. The second-order valence-electron chi connectivity index (χ2n) is 5.76. The third-order valence-electron chi connectivity index (χ3n) is 3.85. The Morgan fingerprint density at radius 1 is 1.05 bits per heavy atom. The fraction of sp³-hybridized carbons (Fsp3) is 0.667. The maximum atomic E-state index is 13.2. The van der Waals surface area contributed by atoms with Crippen molar-refractivity contribution >= 4 is 15.9 Å². The predicted molar refractivity (Wildman–Crippen MR) is 90.0 cm³/mol. The van der Waals surface area contributed by atoms with Gasteiger partial charge in [-0.05, 0) is 36.5 Å². The van der Waals surface area contributed by atoms with E-state index in [0.717, 1.165) is 17.3 Å². The molecule has 2 heteroatoms. The van der Waals surface area contributed by atoms with Crippen molar-refractivity contribution in [3.63, 3.8) is 0 Å². The van der Waals surface area contributed by atoms with Crippen LogP contribution in [-0.2, 0) is 6.42 Å². The highest BCUT2D eigenvalue weighted by Gasteiger charge is 2.08. The number of hydrogen-bond acceptors (Lipinski definition) is 0. The van der Waals surface area contributed by atoms with Gasteiger partial charge in [-0.25, -0.2) is 4.39 Å². The quantitative estimate of drug-likeness (QED) is 0.317. The van der Waals surface area contributed by atoms with E-state index < -0.39 is 0 Å². The number of halogens is 2. The van der Waals surface area contributed by atoms with E-state index in [1.165, 1.54) is 57.4 Å². The van der Waals surface area contributed by atoms with Crippen LogP contribution in [0.3, 0.4) is 0 Å². The molecule has 0 aromatic heterocycles. The van der Waals surface area contributed by atoms with Crippen LogP contribution >= 0.6 is 15.9 Å². The molecule has 0 heterocycles. The SMILES string of the molecule is CCCCCCCCCC(CBr)Cc1cccc(F)c1. The van der Waals surface area contributed by atoms with Gasteiger partial charge in [0.05, 0.1) is 0 Å². The van der Waals surface area contributed by atoms with Crippen LogP contribution in [0.1, 0.15) is 63.9 Å². The minimum absolute atomic E-state index is 0.119.